The van der Waals surface area contributed by atoms with E-state index in [2.05, 4.69) is 43.9 Å². The highest BCUT2D eigenvalue weighted by Gasteiger charge is 2.16. The molecule has 3 heterocycles. The fraction of sp³-hybridized carbons (Fsp3) is 0.750. The van der Waals surface area contributed by atoms with Gasteiger partial charge >= 0.3 is 0 Å². The molecule has 6 heteroatoms. The van der Waals surface area contributed by atoms with E-state index in [1.807, 2.05) is 12.4 Å². The SMILES string of the molecule is CN1CCN(c2ncc(CNCC3CCSCC3)cn2)CC1. The molecule has 0 aliphatic carbocycles. The van der Waals surface area contributed by atoms with Crippen molar-refractivity contribution in [1.82, 2.24) is 20.2 Å². The van der Waals surface area contributed by atoms with Gasteiger partial charge in [-0.3, -0.25) is 0 Å². The van der Waals surface area contributed by atoms with E-state index in [0.29, 0.717) is 0 Å². The monoisotopic (exact) mass is 321 g/mol. The van der Waals surface area contributed by atoms with Crippen molar-refractivity contribution in [2.45, 2.75) is 19.4 Å². The number of nitrogens with one attached hydrogen (secondary N) is 1. The molecule has 122 valence electrons. The van der Waals surface area contributed by atoms with Gasteiger partial charge in [0.2, 0.25) is 5.95 Å². The van der Waals surface area contributed by atoms with Gasteiger partial charge in [-0.25, -0.2) is 9.97 Å². The lowest BCUT2D eigenvalue weighted by atomic mass is 10.0. The smallest absolute Gasteiger partial charge is 0.225 e. The first-order chi connectivity index (χ1) is 10.8. The van der Waals surface area contributed by atoms with Crippen LogP contribution in [0.2, 0.25) is 0 Å². The molecular formula is C16H27N5S. The number of piperazine rings is 1. The summed E-state index contributed by atoms with van der Waals surface area (Å²) in [6.45, 7) is 6.23. The molecule has 2 fully saturated rings. The molecule has 0 atom stereocenters. The van der Waals surface area contributed by atoms with Gasteiger partial charge in [0.05, 0.1) is 0 Å². The van der Waals surface area contributed by atoms with Crippen LogP contribution in [0.3, 0.4) is 0 Å². The van der Waals surface area contributed by atoms with Crippen LogP contribution in [-0.2, 0) is 6.54 Å². The molecule has 0 bridgehead atoms. The van der Waals surface area contributed by atoms with Crippen molar-refractivity contribution in [3.8, 4) is 0 Å². The van der Waals surface area contributed by atoms with E-state index in [-0.39, 0.29) is 0 Å². The highest BCUT2D eigenvalue weighted by molar-refractivity contribution is 7.99. The molecule has 0 amide bonds. The first kappa shape index (κ1) is 16.0. The van der Waals surface area contributed by atoms with Crippen molar-refractivity contribution < 1.29 is 0 Å². The highest BCUT2D eigenvalue weighted by atomic mass is 32.2. The van der Waals surface area contributed by atoms with Crippen LogP contribution in [0.4, 0.5) is 5.95 Å². The quantitative estimate of drug-likeness (QED) is 0.886. The Kier molecular flexibility index (Phi) is 5.92. The summed E-state index contributed by atoms with van der Waals surface area (Å²) in [6, 6.07) is 0. The van der Waals surface area contributed by atoms with Crippen molar-refractivity contribution in [3.63, 3.8) is 0 Å². The van der Waals surface area contributed by atoms with Crippen LogP contribution in [0.15, 0.2) is 12.4 Å². The molecule has 5 nitrogen and oxygen atoms in total. The van der Waals surface area contributed by atoms with Gasteiger partial charge in [-0.05, 0) is 43.9 Å². The van der Waals surface area contributed by atoms with E-state index in [4.69, 9.17) is 0 Å². The molecule has 2 saturated heterocycles. The number of hydrogen-bond acceptors (Lipinski definition) is 6. The van der Waals surface area contributed by atoms with Gasteiger partial charge in [0.15, 0.2) is 0 Å². The van der Waals surface area contributed by atoms with Crippen molar-refractivity contribution in [2.24, 2.45) is 5.92 Å². The number of rotatable bonds is 5. The molecule has 0 unspecified atom stereocenters. The highest BCUT2D eigenvalue weighted by Crippen LogP contribution is 2.21. The Morgan fingerprint density at radius 2 is 1.82 bits per heavy atom. The Morgan fingerprint density at radius 3 is 2.50 bits per heavy atom. The van der Waals surface area contributed by atoms with Crippen molar-refractivity contribution in [2.75, 3.05) is 56.2 Å². The van der Waals surface area contributed by atoms with Crippen LogP contribution in [0.5, 0.6) is 0 Å². The number of hydrogen-bond donors (Lipinski definition) is 1. The Bertz CT molecular complexity index is 438. The second kappa shape index (κ2) is 8.13. The van der Waals surface area contributed by atoms with E-state index in [1.165, 1.54) is 29.9 Å². The Labute approximate surface area is 137 Å². The summed E-state index contributed by atoms with van der Waals surface area (Å²) in [5.74, 6) is 4.39. The maximum atomic E-state index is 4.55. The normalized spacial score (nSPS) is 21.2. The largest absolute Gasteiger partial charge is 0.338 e. The Morgan fingerprint density at radius 1 is 1.14 bits per heavy atom. The summed E-state index contributed by atoms with van der Waals surface area (Å²) in [5, 5.41) is 3.57. The minimum Gasteiger partial charge on any atom is -0.338 e. The average molecular weight is 321 g/mol. The van der Waals surface area contributed by atoms with E-state index in [0.717, 1.165) is 51.1 Å². The molecule has 1 N–H and O–H groups in total. The number of aromatic nitrogens is 2. The molecule has 1 aromatic heterocycles. The summed E-state index contributed by atoms with van der Waals surface area (Å²) >= 11 is 2.09. The molecule has 0 radical (unpaired) electrons. The van der Waals surface area contributed by atoms with Gasteiger partial charge in [0.1, 0.15) is 0 Å². The summed E-state index contributed by atoms with van der Waals surface area (Å²) in [5.41, 5.74) is 1.18. The molecule has 22 heavy (non-hydrogen) atoms. The third-order valence-electron chi connectivity index (χ3n) is 4.58. The van der Waals surface area contributed by atoms with Crippen molar-refractivity contribution in [1.29, 1.82) is 0 Å². The minimum absolute atomic E-state index is 0.854. The number of anilines is 1. The zero-order valence-corrected chi connectivity index (χ0v) is 14.3. The predicted molar refractivity (Wildman–Crippen MR) is 93.5 cm³/mol. The predicted octanol–water partition coefficient (Wildman–Crippen LogP) is 1.46. The van der Waals surface area contributed by atoms with Gasteiger partial charge in [-0.1, -0.05) is 0 Å². The summed E-state index contributed by atoms with van der Waals surface area (Å²) < 4.78 is 0. The molecule has 0 saturated carbocycles. The average Bonchev–Trinajstić information content (AvgIpc) is 2.57. The zero-order valence-electron chi connectivity index (χ0n) is 13.5. The number of nitrogens with zero attached hydrogens (tertiary/aromatic N) is 4. The lowest BCUT2D eigenvalue weighted by Crippen LogP contribution is -2.45. The first-order valence-corrected chi connectivity index (χ1v) is 9.49. The molecule has 2 aliphatic heterocycles. The number of thioether (sulfide) groups is 1. The molecule has 2 aliphatic rings. The van der Waals surface area contributed by atoms with Gasteiger partial charge in [0, 0.05) is 50.7 Å². The maximum Gasteiger partial charge on any atom is 0.225 e. The van der Waals surface area contributed by atoms with Crippen LogP contribution in [0.1, 0.15) is 18.4 Å². The molecular weight excluding hydrogens is 294 g/mol. The molecule has 0 aromatic carbocycles. The standard InChI is InChI=1S/C16H27N5S/c1-20-4-6-21(7-5-20)16-18-12-15(13-19-16)11-17-10-14-2-8-22-9-3-14/h12-14,17H,2-11H2,1H3. The Balaban J connectivity index is 1.43. The molecule has 0 spiro atoms. The number of likely N-dealkylation sites (N-methyl/N-ethyl adjacent to an activating group) is 1. The van der Waals surface area contributed by atoms with Gasteiger partial charge in [-0.2, -0.15) is 11.8 Å². The second-order valence-electron chi connectivity index (χ2n) is 6.37. The minimum atomic E-state index is 0.854. The van der Waals surface area contributed by atoms with Gasteiger partial charge < -0.3 is 15.1 Å². The Hall–Kier alpha value is -0.850. The van der Waals surface area contributed by atoms with E-state index in [9.17, 15) is 0 Å². The van der Waals surface area contributed by atoms with Crippen LogP contribution in [0, 0.1) is 5.92 Å². The molecule has 1 aromatic rings. The third-order valence-corrected chi connectivity index (χ3v) is 5.63. The first-order valence-electron chi connectivity index (χ1n) is 8.34. The summed E-state index contributed by atoms with van der Waals surface area (Å²) in [7, 11) is 2.16. The fourth-order valence-electron chi connectivity index (χ4n) is 2.98. The van der Waals surface area contributed by atoms with Crippen LogP contribution < -0.4 is 10.2 Å². The lowest BCUT2D eigenvalue weighted by Gasteiger charge is -2.32. The van der Waals surface area contributed by atoms with Crippen molar-refractivity contribution >= 4 is 17.7 Å². The lowest BCUT2D eigenvalue weighted by molar-refractivity contribution is 0.311. The molecule has 3 rings (SSSR count). The topological polar surface area (TPSA) is 44.3 Å². The van der Waals surface area contributed by atoms with Crippen LogP contribution >= 0.6 is 11.8 Å². The van der Waals surface area contributed by atoms with Crippen LogP contribution in [0.25, 0.3) is 0 Å². The van der Waals surface area contributed by atoms with E-state index < -0.39 is 0 Å². The fourth-order valence-corrected chi connectivity index (χ4v) is 4.18. The van der Waals surface area contributed by atoms with E-state index >= 15 is 0 Å². The van der Waals surface area contributed by atoms with Gasteiger partial charge in [-0.15, -0.1) is 0 Å². The maximum absolute atomic E-state index is 4.55. The zero-order chi connectivity index (χ0) is 15.2. The second-order valence-corrected chi connectivity index (χ2v) is 7.59. The third kappa shape index (κ3) is 4.57. The van der Waals surface area contributed by atoms with E-state index in [1.54, 1.807) is 0 Å². The van der Waals surface area contributed by atoms with Crippen LogP contribution in [-0.4, -0.2) is 66.1 Å². The summed E-state index contributed by atoms with van der Waals surface area (Å²) in [6.07, 6.45) is 6.67. The summed E-state index contributed by atoms with van der Waals surface area (Å²) in [4.78, 5) is 13.7. The van der Waals surface area contributed by atoms with Crippen molar-refractivity contribution in [3.05, 3.63) is 18.0 Å². The van der Waals surface area contributed by atoms with Gasteiger partial charge in [0.25, 0.3) is 0 Å².